The number of ketones is 1. The van der Waals surface area contributed by atoms with Crippen LogP contribution < -0.4 is 4.74 Å². The van der Waals surface area contributed by atoms with Crippen molar-refractivity contribution >= 4 is 41.7 Å². The van der Waals surface area contributed by atoms with Crippen molar-refractivity contribution in [2.24, 2.45) is 12.5 Å². The summed E-state index contributed by atoms with van der Waals surface area (Å²) in [5.74, 6) is 0.0325. The van der Waals surface area contributed by atoms with Gasteiger partial charge in [-0.3, -0.25) is 4.79 Å². The van der Waals surface area contributed by atoms with E-state index < -0.39 is 20.2 Å². The fourth-order valence-electron chi connectivity index (χ4n) is 6.38. The third kappa shape index (κ3) is 5.11. The van der Waals surface area contributed by atoms with Gasteiger partial charge in [0.25, 0.3) is 0 Å². The number of fused-ring (bicyclic) bond motifs is 4. The van der Waals surface area contributed by atoms with Gasteiger partial charge in [-0.05, 0) is 68.3 Å². The van der Waals surface area contributed by atoms with E-state index in [0.717, 1.165) is 37.8 Å². The Balaban J connectivity index is 1.46. The Morgan fingerprint density at radius 3 is 2.42 bits per heavy atom. The molecule has 8 heteroatoms. The molecule has 215 valence electrons. The quantitative estimate of drug-likeness (QED) is 0.267. The van der Waals surface area contributed by atoms with E-state index in [2.05, 4.69) is 74.3 Å². The lowest BCUT2D eigenvalue weighted by Crippen LogP contribution is -2.48. The standard InChI is InChI=1S/C32H41BrNO5Si/c1-30(2,3)29(39-40(9)10)27-24(37-32(6,7)38-27)17-36-19-12-14-20-22(16-19)31(4,5)28-25(26(20)35)21-13-11-18(33)15-23(21)34(28)8/h11-16,24,27,29H,17H2,1-10H3/t24-,27-,29?/m1/s1. The minimum absolute atomic E-state index is 0.0556. The minimum atomic E-state index is -0.960. The van der Waals surface area contributed by atoms with E-state index >= 15 is 0 Å². The average Bonchev–Trinajstić information content (AvgIpc) is 3.32. The summed E-state index contributed by atoms with van der Waals surface area (Å²) >= 11 is 3.59. The number of carbonyl (C=O) groups is 1. The van der Waals surface area contributed by atoms with Crippen molar-refractivity contribution in [3.63, 3.8) is 0 Å². The zero-order chi connectivity index (χ0) is 29.4. The van der Waals surface area contributed by atoms with Gasteiger partial charge in [0.15, 0.2) is 11.6 Å². The van der Waals surface area contributed by atoms with Crippen LogP contribution >= 0.6 is 15.9 Å². The Hall–Kier alpha value is -1.97. The minimum Gasteiger partial charge on any atom is -0.491 e. The molecule has 6 nitrogen and oxygen atoms in total. The Kier molecular flexibility index (Phi) is 7.44. The normalized spacial score (nSPS) is 22.4. The number of rotatable bonds is 6. The highest BCUT2D eigenvalue weighted by atomic mass is 79.9. The lowest BCUT2D eigenvalue weighted by Gasteiger charge is -2.37. The first kappa shape index (κ1) is 29.5. The lowest BCUT2D eigenvalue weighted by atomic mass is 9.71. The summed E-state index contributed by atoms with van der Waals surface area (Å²) in [7, 11) is 1.08. The molecular weight excluding hydrogens is 586 g/mol. The maximum Gasteiger partial charge on any atom is 0.205 e. The summed E-state index contributed by atoms with van der Waals surface area (Å²) in [6.07, 6.45) is -0.686. The molecule has 1 fully saturated rings. The smallest absolute Gasteiger partial charge is 0.205 e. The van der Waals surface area contributed by atoms with E-state index in [0.29, 0.717) is 12.4 Å². The van der Waals surface area contributed by atoms with Gasteiger partial charge in [0.2, 0.25) is 9.04 Å². The molecule has 1 unspecified atom stereocenters. The van der Waals surface area contributed by atoms with Gasteiger partial charge in [0.05, 0.1) is 11.7 Å². The van der Waals surface area contributed by atoms with Gasteiger partial charge in [-0.15, -0.1) is 0 Å². The summed E-state index contributed by atoms with van der Waals surface area (Å²) in [5.41, 5.74) is 4.01. The highest BCUT2D eigenvalue weighted by Crippen LogP contribution is 2.46. The number of hydrogen-bond donors (Lipinski definition) is 0. The SMILES string of the molecule is Cn1c2c(c3ccc(Br)cc31)C(=O)c1ccc(OC[C@H]3OC(C)(C)O[C@H]3C(O[Si](C)C)C(C)(C)C)cc1C2(C)C. The van der Waals surface area contributed by atoms with E-state index in [4.69, 9.17) is 18.6 Å². The fourth-order valence-corrected chi connectivity index (χ4v) is 7.72. The number of aromatic nitrogens is 1. The summed E-state index contributed by atoms with van der Waals surface area (Å²) in [6.45, 7) is 19.4. The second-order valence-corrected chi connectivity index (χ2v) is 16.3. The van der Waals surface area contributed by atoms with Gasteiger partial charge >= 0.3 is 0 Å². The molecule has 0 spiro atoms. The average molecular weight is 628 g/mol. The van der Waals surface area contributed by atoms with Crippen LogP contribution in [0.25, 0.3) is 10.9 Å². The van der Waals surface area contributed by atoms with Gasteiger partial charge in [-0.1, -0.05) is 56.6 Å². The van der Waals surface area contributed by atoms with Gasteiger partial charge in [0.1, 0.15) is 24.6 Å². The highest BCUT2D eigenvalue weighted by molar-refractivity contribution is 9.10. The number of hydrogen-bond acceptors (Lipinski definition) is 5. The van der Waals surface area contributed by atoms with Crippen molar-refractivity contribution < 1.29 is 23.4 Å². The van der Waals surface area contributed by atoms with Crippen molar-refractivity contribution in [2.75, 3.05) is 6.61 Å². The van der Waals surface area contributed by atoms with E-state index in [9.17, 15) is 4.79 Å². The van der Waals surface area contributed by atoms with Crippen LogP contribution in [0, 0.1) is 5.41 Å². The summed E-state index contributed by atoms with van der Waals surface area (Å²) in [5, 5.41) is 0.982. The summed E-state index contributed by atoms with van der Waals surface area (Å²) < 4.78 is 28.7. The van der Waals surface area contributed by atoms with Crippen molar-refractivity contribution in [1.29, 1.82) is 0 Å². The Labute approximate surface area is 248 Å². The van der Waals surface area contributed by atoms with Crippen LogP contribution in [0.4, 0.5) is 0 Å². The topological polar surface area (TPSA) is 58.9 Å². The van der Waals surface area contributed by atoms with E-state index in [1.165, 1.54) is 0 Å². The molecule has 1 radical (unpaired) electrons. The largest absolute Gasteiger partial charge is 0.491 e. The summed E-state index contributed by atoms with van der Waals surface area (Å²) in [4.78, 5) is 13.8. The Bertz CT molecular complexity index is 1470. The Morgan fingerprint density at radius 1 is 1.07 bits per heavy atom. The van der Waals surface area contributed by atoms with Crippen LogP contribution in [0.1, 0.15) is 75.6 Å². The number of nitrogens with zero attached hydrogens (tertiary/aromatic N) is 1. The Morgan fingerprint density at radius 2 is 1.77 bits per heavy atom. The number of carbonyl (C=O) groups excluding carboxylic acids is 1. The van der Waals surface area contributed by atoms with Crippen LogP contribution in [0.5, 0.6) is 5.75 Å². The molecule has 0 bridgehead atoms. The van der Waals surface area contributed by atoms with Gasteiger partial charge in [-0.25, -0.2) is 0 Å². The van der Waals surface area contributed by atoms with Crippen molar-refractivity contribution in [1.82, 2.24) is 4.57 Å². The lowest BCUT2D eigenvalue weighted by molar-refractivity contribution is -0.160. The fraction of sp³-hybridized carbons (Fsp3) is 0.531. The van der Waals surface area contributed by atoms with Gasteiger partial charge < -0.3 is 23.2 Å². The molecule has 3 atom stereocenters. The second-order valence-electron chi connectivity index (χ2n) is 13.4. The molecule has 5 rings (SSSR count). The van der Waals surface area contributed by atoms with Crippen molar-refractivity contribution in [2.45, 2.75) is 91.1 Å². The molecule has 2 aromatic carbocycles. The first-order valence-electron chi connectivity index (χ1n) is 13.9. The molecule has 1 aliphatic carbocycles. The van der Waals surface area contributed by atoms with Crippen LogP contribution in [-0.4, -0.2) is 50.1 Å². The third-order valence-corrected chi connectivity index (χ3v) is 9.26. The van der Waals surface area contributed by atoms with Crippen LogP contribution in [0.2, 0.25) is 13.1 Å². The van der Waals surface area contributed by atoms with Crippen molar-refractivity contribution in [3.8, 4) is 5.75 Å². The monoisotopic (exact) mass is 626 g/mol. The van der Waals surface area contributed by atoms with Crippen molar-refractivity contribution in [3.05, 3.63) is 63.3 Å². The molecule has 0 N–H and O–H groups in total. The number of aryl methyl sites for hydroxylation is 1. The highest BCUT2D eigenvalue weighted by Gasteiger charge is 2.49. The molecular formula is C32H41BrNO5Si. The number of ether oxygens (including phenoxy) is 3. The molecule has 1 aromatic heterocycles. The zero-order valence-corrected chi connectivity index (χ0v) is 27.9. The second kappa shape index (κ2) is 10.1. The zero-order valence-electron chi connectivity index (χ0n) is 25.3. The van der Waals surface area contributed by atoms with Crippen LogP contribution in [-0.2, 0) is 26.4 Å². The predicted molar refractivity (Wildman–Crippen MR) is 164 cm³/mol. The van der Waals surface area contributed by atoms with E-state index in [-0.39, 0.29) is 29.5 Å². The van der Waals surface area contributed by atoms with Crippen LogP contribution in [0.15, 0.2) is 40.9 Å². The van der Waals surface area contributed by atoms with Crippen LogP contribution in [0.3, 0.4) is 0 Å². The number of benzene rings is 2. The van der Waals surface area contributed by atoms with Gasteiger partial charge in [-0.2, -0.15) is 0 Å². The first-order valence-corrected chi connectivity index (χ1v) is 17.1. The maximum atomic E-state index is 13.8. The summed E-state index contributed by atoms with van der Waals surface area (Å²) in [6, 6.07) is 11.9. The predicted octanol–water partition coefficient (Wildman–Crippen LogP) is 7.39. The van der Waals surface area contributed by atoms with E-state index in [1.54, 1.807) is 0 Å². The molecule has 40 heavy (non-hydrogen) atoms. The molecule has 2 heterocycles. The maximum absolute atomic E-state index is 13.8. The molecule has 0 saturated carbocycles. The number of halogens is 1. The molecule has 2 aliphatic rings. The molecule has 1 saturated heterocycles. The van der Waals surface area contributed by atoms with E-state index in [1.807, 2.05) is 51.2 Å². The third-order valence-electron chi connectivity index (χ3n) is 8.04. The first-order chi connectivity index (χ1) is 18.5. The molecule has 0 amide bonds. The molecule has 3 aromatic rings. The van der Waals surface area contributed by atoms with Gasteiger partial charge in [0, 0.05) is 39.1 Å². The molecule has 1 aliphatic heterocycles.